The number of hydrogen-bond donors (Lipinski definition) is 2. The zero-order chi connectivity index (χ0) is 20.1. The van der Waals surface area contributed by atoms with Crippen LogP contribution in [-0.4, -0.2) is 39.0 Å². The molecule has 0 radical (unpaired) electrons. The van der Waals surface area contributed by atoms with Crippen LogP contribution in [-0.2, 0) is 4.74 Å². The van der Waals surface area contributed by atoms with E-state index in [4.69, 9.17) is 17.0 Å². The van der Waals surface area contributed by atoms with Crippen LogP contribution in [0.1, 0.15) is 22.8 Å². The van der Waals surface area contributed by atoms with Gasteiger partial charge in [0, 0.05) is 11.9 Å². The molecule has 0 atom stereocenters. The average Bonchev–Trinajstić information content (AvgIpc) is 3.10. The van der Waals surface area contributed by atoms with E-state index in [1.165, 1.54) is 6.20 Å². The summed E-state index contributed by atoms with van der Waals surface area (Å²) in [4.78, 5) is 17.1. The number of nitrogens with zero attached hydrogens (tertiary/aromatic N) is 3. The summed E-state index contributed by atoms with van der Waals surface area (Å²) in [5.74, 6) is 0.475. The van der Waals surface area contributed by atoms with Gasteiger partial charge in [0.05, 0.1) is 18.3 Å². The highest BCUT2D eigenvalue weighted by atomic mass is 32.1. The van der Waals surface area contributed by atoms with Gasteiger partial charge in [-0.1, -0.05) is 24.3 Å². The number of carbonyl (C=O) groups is 1. The van der Waals surface area contributed by atoms with E-state index in [0.717, 1.165) is 16.5 Å². The van der Waals surface area contributed by atoms with Gasteiger partial charge in [0.25, 0.3) is 0 Å². The summed E-state index contributed by atoms with van der Waals surface area (Å²) in [5, 5.41) is 11.8. The van der Waals surface area contributed by atoms with Crippen molar-refractivity contribution in [1.82, 2.24) is 20.1 Å². The summed E-state index contributed by atoms with van der Waals surface area (Å²) in [6.07, 6.45) is 3.13. The van der Waals surface area contributed by atoms with Crippen molar-refractivity contribution in [1.29, 1.82) is 0 Å². The van der Waals surface area contributed by atoms with Crippen LogP contribution in [0.3, 0.4) is 0 Å². The van der Waals surface area contributed by atoms with E-state index >= 15 is 0 Å². The molecule has 3 rings (SSSR count). The van der Waals surface area contributed by atoms with Gasteiger partial charge < -0.3 is 15.4 Å². The maximum Gasteiger partial charge on any atom is 0.343 e. The fourth-order valence-electron chi connectivity index (χ4n) is 2.76. The second-order valence-electron chi connectivity index (χ2n) is 5.98. The van der Waals surface area contributed by atoms with Crippen molar-refractivity contribution in [3.8, 4) is 5.82 Å². The summed E-state index contributed by atoms with van der Waals surface area (Å²) < 4.78 is 6.69. The van der Waals surface area contributed by atoms with Crippen molar-refractivity contribution < 1.29 is 9.53 Å². The zero-order valence-electron chi connectivity index (χ0n) is 15.7. The quantitative estimate of drug-likeness (QED) is 0.376. The number of hydrogen-bond acceptors (Lipinski definition) is 5. The highest BCUT2D eigenvalue weighted by molar-refractivity contribution is 7.80. The van der Waals surface area contributed by atoms with E-state index in [1.54, 1.807) is 17.7 Å². The molecule has 0 aliphatic heterocycles. The number of pyridine rings is 1. The van der Waals surface area contributed by atoms with Gasteiger partial charge in [-0.05, 0) is 43.8 Å². The number of fused-ring (bicyclic) bond motifs is 1. The Kier molecular flexibility index (Phi) is 6.00. The molecular formula is C20H21N5O2S. The Hall–Kier alpha value is -3.26. The third kappa shape index (κ3) is 4.01. The number of thiocarbonyl (C=S) groups is 1. The number of aryl methyl sites for hydroxylation is 1. The Morgan fingerprint density at radius 2 is 2.18 bits per heavy atom. The molecule has 3 aromatic rings. The lowest BCUT2D eigenvalue weighted by Gasteiger charge is -2.14. The Balaban J connectivity index is 2.08. The van der Waals surface area contributed by atoms with Gasteiger partial charge in [-0.3, -0.25) is 0 Å². The monoisotopic (exact) mass is 395 g/mol. The van der Waals surface area contributed by atoms with Crippen LogP contribution in [0.15, 0.2) is 49.2 Å². The highest BCUT2D eigenvalue weighted by Gasteiger charge is 2.21. The molecule has 144 valence electrons. The topological polar surface area (TPSA) is 81.1 Å². The summed E-state index contributed by atoms with van der Waals surface area (Å²) in [7, 11) is 0. The minimum atomic E-state index is -0.486. The minimum absolute atomic E-state index is 0.260. The minimum Gasteiger partial charge on any atom is -0.462 e. The molecule has 0 spiro atoms. The van der Waals surface area contributed by atoms with Crippen LogP contribution in [0, 0.1) is 6.92 Å². The van der Waals surface area contributed by atoms with Gasteiger partial charge >= 0.3 is 5.97 Å². The standard InChI is InChI=1S/C20H21N5O2S/c1-4-10-21-20(28)24-18-15(19(26)27-5-2)12-22-25(18)17-11-13(3)14-8-6-7-9-16(14)23-17/h4,6-9,11-12H,1,5,10H2,2-3H3,(H2,21,24,28). The Morgan fingerprint density at radius 1 is 1.39 bits per heavy atom. The van der Waals surface area contributed by atoms with E-state index in [1.807, 2.05) is 37.3 Å². The molecule has 2 heterocycles. The molecule has 0 bridgehead atoms. The van der Waals surface area contributed by atoms with Crippen LogP contribution in [0.5, 0.6) is 0 Å². The second kappa shape index (κ2) is 8.62. The number of carbonyl (C=O) groups excluding carboxylic acids is 1. The summed E-state index contributed by atoms with van der Waals surface area (Å²) in [5.41, 5.74) is 2.16. The molecular weight excluding hydrogens is 374 g/mol. The molecule has 0 unspecified atom stereocenters. The number of benzene rings is 1. The Labute approximate surface area is 168 Å². The maximum atomic E-state index is 12.4. The largest absolute Gasteiger partial charge is 0.462 e. The van der Waals surface area contributed by atoms with Crippen molar-refractivity contribution >= 4 is 40.0 Å². The Morgan fingerprint density at radius 3 is 2.93 bits per heavy atom. The Bertz CT molecular complexity index is 1040. The molecule has 0 saturated heterocycles. The lowest BCUT2D eigenvalue weighted by atomic mass is 10.1. The van der Waals surface area contributed by atoms with Crippen LogP contribution in [0.25, 0.3) is 16.7 Å². The fourth-order valence-corrected chi connectivity index (χ4v) is 2.94. The van der Waals surface area contributed by atoms with Gasteiger partial charge in [0.2, 0.25) is 0 Å². The van der Waals surface area contributed by atoms with Crippen molar-refractivity contribution in [2.75, 3.05) is 18.5 Å². The van der Waals surface area contributed by atoms with Crippen molar-refractivity contribution in [2.24, 2.45) is 0 Å². The molecule has 7 nitrogen and oxygen atoms in total. The molecule has 0 fully saturated rings. The van der Waals surface area contributed by atoms with Crippen molar-refractivity contribution in [2.45, 2.75) is 13.8 Å². The zero-order valence-corrected chi connectivity index (χ0v) is 16.5. The van der Waals surface area contributed by atoms with Gasteiger partial charge in [0.1, 0.15) is 5.56 Å². The number of nitrogens with one attached hydrogen (secondary N) is 2. The molecule has 2 N–H and O–H groups in total. The average molecular weight is 395 g/mol. The lowest BCUT2D eigenvalue weighted by Crippen LogP contribution is -2.30. The SMILES string of the molecule is C=CCNC(=S)Nc1c(C(=O)OCC)cnn1-c1cc(C)c2ccccc2n1. The van der Waals surface area contributed by atoms with E-state index in [2.05, 4.69) is 27.3 Å². The van der Waals surface area contributed by atoms with Crippen LogP contribution in [0.4, 0.5) is 5.82 Å². The summed E-state index contributed by atoms with van der Waals surface area (Å²) >= 11 is 5.31. The second-order valence-corrected chi connectivity index (χ2v) is 6.39. The number of para-hydroxylation sites is 1. The molecule has 0 aliphatic carbocycles. The third-order valence-corrected chi connectivity index (χ3v) is 4.28. The van der Waals surface area contributed by atoms with Gasteiger partial charge in [-0.2, -0.15) is 9.78 Å². The first-order valence-corrected chi connectivity index (χ1v) is 9.23. The number of esters is 1. The van der Waals surface area contributed by atoms with E-state index in [-0.39, 0.29) is 12.2 Å². The van der Waals surface area contributed by atoms with Crippen LogP contribution >= 0.6 is 12.2 Å². The van der Waals surface area contributed by atoms with Gasteiger partial charge in [-0.25, -0.2) is 9.78 Å². The smallest absolute Gasteiger partial charge is 0.343 e. The lowest BCUT2D eigenvalue weighted by molar-refractivity contribution is 0.0527. The predicted molar refractivity (Wildman–Crippen MR) is 114 cm³/mol. The van der Waals surface area contributed by atoms with Crippen LogP contribution < -0.4 is 10.6 Å². The number of ether oxygens (including phenoxy) is 1. The van der Waals surface area contributed by atoms with Crippen molar-refractivity contribution in [3.63, 3.8) is 0 Å². The van der Waals surface area contributed by atoms with Gasteiger partial charge in [-0.15, -0.1) is 6.58 Å². The van der Waals surface area contributed by atoms with E-state index in [9.17, 15) is 4.79 Å². The molecule has 2 aromatic heterocycles. The first kappa shape index (κ1) is 19.5. The molecule has 0 saturated carbocycles. The van der Waals surface area contributed by atoms with Gasteiger partial charge in [0.15, 0.2) is 16.7 Å². The maximum absolute atomic E-state index is 12.4. The van der Waals surface area contributed by atoms with E-state index < -0.39 is 5.97 Å². The summed E-state index contributed by atoms with van der Waals surface area (Å²) in [6.45, 7) is 8.16. The number of aromatic nitrogens is 3. The molecule has 8 heteroatoms. The van der Waals surface area contributed by atoms with Crippen molar-refractivity contribution in [3.05, 3.63) is 60.3 Å². The number of anilines is 1. The molecule has 0 amide bonds. The fraction of sp³-hybridized carbons (Fsp3) is 0.200. The van der Waals surface area contributed by atoms with E-state index in [0.29, 0.717) is 23.3 Å². The molecule has 28 heavy (non-hydrogen) atoms. The van der Waals surface area contributed by atoms with Crippen LogP contribution in [0.2, 0.25) is 0 Å². The predicted octanol–water partition coefficient (Wildman–Crippen LogP) is 3.38. The first-order valence-electron chi connectivity index (χ1n) is 8.82. The molecule has 0 aliphatic rings. The highest BCUT2D eigenvalue weighted by Crippen LogP contribution is 2.24. The number of rotatable bonds is 6. The summed E-state index contributed by atoms with van der Waals surface area (Å²) in [6, 6.07) is 9.77. The molecule has 1 aromatic carbocycles. The first-order chi connectivity index (χ1) is 13.5. The normalized spacial score (nSPS) is 10.5. The third-order valence-electron chi connectivity index (χ3n) is 4.03.